The number of benzene rings is 3. The third-order valence-corrected chi connectivity index (χ3v) is 6.73. The van der Waals surface area contributed by atoms with Crippen LogP contribution < -0.4 is 14.8 Å². The van der Waals surface area contributed by atoms with Crippen molar-refractivity contribution in [2.75, 3.05) is 7.11 Å². The van der Waals surface area contributed by atoms with E-state index in [-0.39, 0.29) is 0 Å². The normalized spacial score (nSPS) is 21.9. The average molecular weight is 464 g/mol. The molecule has 154 valence electrons. The van der Waals surface area contributed by atoms with Crippen molar-refractivity contribution in [1.82, 2.24) is 5.32 Å². The van der Waals surface area contributed by atoms with Gasteiger partial charge in [-0.1, -0.05) is 46.3 Å². The van der Waals surface area contributed by atoms with Crippen LogP contribution in [0.2, 0.25) is 0 Å². The van der Waals surface area contributed by atoms with Crippen LogP contribution >= 0.6 is 15.9 Å². The summed E-state index contributed by atoms with van der Waals surface area (Å²) in [6.45, 7) is 0.580. The van der Waals surface area contributed by atoms with Gasteiger partial charge in [0.1, 0.15) is 18.1 Å². The number of methoxy groups -OCH3 is 1. The van der Waals surface area contributed by atoms with Crippen LogP contribution in [0.3, 0.4) is 0 Å². The Kier molecular flexibility index (Phi) is 5.53. The van der Waals surface area contributed by atoms with E-state index in [9.17, 15) is 0 Å². The second-order valence-electron chi connectivity index (χ2n) is 8.26. The molecule has 3 aromatic rings. The Labute approximate surface area is 186 Å². The number of halogens is 1. The van der Waals surface area contributed by atoms with Crippen molar-refractivity contribution in [2.45, 2.75) is 43.9 Å². The van der Waals surface area contributed by atoms with Crippen molar-refractivity contribution >= 4 is 15.9 Å². The Morgan fingerprint density at radius 2 is 1.83 bits per heavy atom. The summed E-state index contributed by atoms with van der Waals surface area (Å²) in [7, 11) is 1.74. The standard InChI is InChI=1S/C26H26BrNO2/c1-29-22-11-7-19-8-12-25(23(19)14-22)28-26-15-24(26)18-5-9-21(10-6-18)30-16-17-3-2-4-20(27)13-17/h2-7,9-11,13-14,24-26,28H,8,12,15-16H2,1H3/t24-,25?,26+/m0/s1. The van der Waals surface area contributed by atoms with Crippen molar-refractivity contribution in [3.63, 3.8) is 0 Å². The first kappa shape index (κ1) is 19.7. The topological polar surface area (TPSA) is 30.5 Å². The number of rotatable bonds is 7. The lowest BCUT2D eigenvalue weighted by atomic mass is 10.1. The fraction of sp³-hybridized carbons (Fsp3) is 0.308. The maximum atomic E-state index is 5.95. The highest BCUT2D eigenvalue weighted by Crippen LogP contribution is 2.44. The zero-order chi connectivity index (χ0) is 20.5. The summed E-state index contributed by atoms with van der Waals surface area (Å²) in [4.78, 5) is 0. The molecule has 0 saturated heterocycles. The maximum Gasteiger partial charge on any atom is 0.119 e. The molecule has 2 aliphatic carbocycles. The van der Waals surface area contributed by atoms with Crippen LogP contribution in [0.25, 0.3) is 0 Å². The molecule has 0 aromatic heterocycles. The van der Waals surface area contributed by atoms with Crippen LogP contribution in [0.4, 0.5) is 0 Å². The van der Waals surface area contributed by atoms with Crippen LogP contribution in [0.15, 0.2) is 71.2 Å². The van der Waals surface area contributed by atoms with Gasteiger partial charge in [-0.3, -0.25) is 0 Å². The van der Waals surface area contributed by atoms with Gasteiger partial charge in [-0.05, 0) is 77.9 Å². The van der Waals surface area contributed by atoms with Gasteiger partial charge < -0.3 is 14.8 Å². The number of hydrogen-bond acceptors (Lipinski definition) is 3. The minimum Gasteiger partial charge on any atom is -0.497 e. The van der Waals surface area contributed by atoms with Gasteiger partial charge in [0.2, 0.25) is 0 Å². The lowest BCUT2D eigenvalue weighted by Gasteiger charge is -2.15. The highest BCUT2D eigenvalue weighted by Gasteiger charge is 2.40. The van der Waals surface area contributed by atoms with Gasteiger partial charge in [-0.25, -0.2) is 0 Å². The van der Waals surface area contributed by atoms with Crippen LogP contribution in [0.1, 0.15) is 47.1 Å². The van der Waals surface area contributed by atoms with Gasteiger partial charge in [-0.2, -0.15) is 0 Å². The summed E-state index contributed by atoms with van der Waals surface area (Å²) in [5.74, 6) is 2.47. The van der Waals surface area contributed by atoms with Gasteiger partial charge in [-0.15, -0.1) is 0 Å². The van der Waals surface area contributed by atoms with E-state index in [1.807, 2.05) is 12.1 Å². The molecule has 4 heteroatoms. The third kappa shape index (κ3) is 4.26. The molecule has 1 unspecified atom stereocenters. The van der Waals surface area contributed by atoms with E-state index < -0.39 is 0 Å². The van der Waals surface area contributed by atoms with Gasteiger partial charge in [0.25, 0.3) is 0 Å². The molecule has 0 bridgehead atoms. The minimum atomic E-state index is 0.443. The first-order chi connectivity index (χ1) is 14.7. The lowest BCUT2D eigenvalue weighted by molar-refractivity contribution is 0.306. The molecule has 1 fully saturated rings. The molecular weight excluding hydrogens is 438 g/mol. The number of fused-ring (bicyclic) bond motifs is 1. The molecule has 0 aliphatic heterocycles. The molecule has 3 aromatic carbocycles. The Balaban J connectivity index is 1.17. The summed E-state index contributed by atoms with van der Waals surface area (Å²) in [5, 5.41) is 3.88. The molecule has 30 heavy (non-hydrogen) atoms. The Morgan fingerprint density at radius 3 is 2.63 bits per heavy atom. The second kappa shape index (κ2) is 8.44. The quantitative estimate of drug-likeness (QED) is 0.454. The molecule has 1 N–H and O–H groups in total. The smallest absolute Gasteiger partial charge is 0.119 e. The predicted octanol–water partition coefficient (Wildman–Crippen LogP) is 6.17. The highest BCUT2D eigenvalue weighted by molar-refractivity contribution is 9.10. The monoisotopic (exact) mass is 463 g/mol. The average Bonchev–Trinajstić information content (AvgIpc) is 3.43. The van der Waals surface area contributed by atoms with E-state index in [4.69, 9.17) is 9.47 Å². The minimum absolute atomic E-state index is 0.443. The fourth-order valence-corrected chi connectivity index (χ4v) is 4.94. The molecule has 0 radical (unpaired) electrons. The Hall–Kier alpha value is -2.30. The van der Waals surface area contributed by atoms with Crippen molar-refractivity contribution in [3.8, 4) is 11.5 Å². The molecule has 5 rings (SSSR count). The summed E-state index contributed by atoms with van der Waals surface area (Å²) in [6, 6.07) is 24.3. The molecular formula is C26H26BrNO2. The predicted molar refractivity (Wildman–Crippen MR) is 123 cm³/mol. The zero-order valence-corrected chi connectivity index (χ0v) is 18.7. The van der Waals surface area contributed by atoms with E-state index >= 15 is 0 Å². The van der Waals surface area contributed by atoms with Gasteiger partial charge in [0.15, 0.2) is 0 Å². The summed E-state index contributed by atoms with van der Waals surface area (Å²) >= 11 is 3.51. The second-order valence-corrected chi connectivity index (χ2v) is 9.17. The maximum absolute atomic E-state index is 5.95. The van der Waals surface area contributed by atoms with Crippen LogP contribution in [-0.4, -0.2) is 13.2 Å². The zero-order valence-electron chi connectivity index (χ0n) is 17.1. The molecule has 1 saturated carbocycles. The van der Waals surface area contributed by atoms with E-state index in [1.165, 1.54) is 29.5 Å². The number of nitrogens with one attached hydrogen (secondary N) is 1. The number of aryl methyl sites for hydroxylation is 1. The number of hydrogen-bond donors (Lipinski definition) is 1. The van der Waals surface area contributed by atoms with Crippen LogP contribution in [0.5, 0.6) is 11.5 Å². The first-order valence-corrected chi connectivity index (χ1v) is 11.4. The van der Waals surface area contributed by atoms with E-state index in [0.717, 1.165) is 28.0 Å². The van der Waals surface area contributed by atoms with E-state index in [2.05, 4.69) is 75.8 Å². The molecule has 0 spiro atoms. The Morgan fingerprint density at radius 1 is 1.00 bits per heavy atom. The van der Waals surface area contributed by atoms with E-state index in [0.29, 0.717) is 24.6 Å². The lowest BCUT2D eigenvalue weighted by Crippen LogP contribution is -2.22. The highest BCUT2D eigenvalue weighted by atomic mass is 79.9. The van der Waals surface area contributed by atoms with Crippen molar-refractivity contribution < 1.29 is 9.47 Å². The van der Waals surface area contributed by atoms with Crippen molar-refractivity contribution in [2.24, 2.45) is 0 Å². The van der Waals surface area contributed by atoms with Crippen molar-refractivity contribution in [3.05, 3.63) is 93.5 Å². The van der Waals surface area contributed by atoms with Gasteiger partial charge >= 0.3 is 0 Å². The molecule has 0 heterocycles. The van der Waals surface area contributed by atoms with Gasteiger partial charge in [0.05, 0.1) is 7.11 Å². The van der Waals surface area contributed by atoms with Crippen LogP contribution in [-0.2, 0) is 13.0 Å². The first-order valence-electron chi connectivity index (χ1n) is 10.6. The fourth-order valence-electron chi connectivity index (χ4n) is 4.49. The van der Waals surface area contributed by atoms with E-state index in [1.54, 1.807) is 7.11 Å². The third-order valence-electron chi connectivity index (χ3n) is 6.24. The molecule has 3 atom stereocenters. The van der Waals surface area contributed by atoms with Crippen LogP contribution in [0, 0.1) is 0 Å². The largest absolute Gasteiger partial charge is 0.497 e. The molecule has 3 nitrogen and oxygen atoms in total. The molecule has 2 aliphatic rings. The van der Waals surface area contributed by atoms with Gasteiger partial charge in [0, 0.05) is 22.5 Å². The SMILES string of the molecule is COc1ccc2c(c1)C(N[C@@H]1C[C@H]1c1ccc(OCc3cccc(Br)c3)cc1)CC2. The summed E-state index contributed by atoms with van der Waals surface area (Å²) < 4.78 is 12.4. The molecule has 0 amide bonds. The Bertz CT molecular complexity index is 1030. The summed E-state index contributed by atoms with van der Waals surface area (Å²) in [6.07, 6.45) is 3.53. The number of ether oxygens (including phenoxy) is 2. The van der Waals surface area contributed by atoms with Crippen molar-refractivity contribution in [1.29, 1.82) is 0 Å². The summed E-state index contributed by atoms with van der Waals surface area (Å²) in [5.41, 5.74) is 5.42.